The summed E-state index contributed by atoms with van der Waals surface area (Å²) in [5.41, 5.74) is 3.66. The Hall–Kier alpha value is -1.88. The van der Waals surface area contributed by atoms with Crippen LogP contribution in [0.5, 0.6) is 0 Å². The summed E-state index contributed by atoms with van der Waals surface area (Å²) >= 11 is 3.38. The zero-order chi connectivity index (χ0) is 14.8. The Morgan fingerprint density at radius 2 is 2.00 bits per heavy atom. The van der Waals surface area contributed by atoms with Crippen LogP contribution in [0.15, 0.2) is 46.9 Å². The molecule has 2 aromatic rings. The van der Waals surface area contributed by atoms with Gasteiger partial charge in [-0.15, -0.1) is 0 Å². The van der Waals surface area contributed by atoms with E-state index < -0.39 is 0 Å². The van der Waals surface area contributed by atoms with Crippen molar-refractivity contribution in [1.29, 1.82) is 0 Å². The first-order valence-electron chi connectivity index (χ1n) is 6.91. The van der Waals surface area contributed by atoms with E-state index in [1.165, 1.54) is 17.3 Å². The van der Waals surface area contributed by atoms with Crippen molar-refractivity contribution in [3.63, 3.8) is 0 Å². The van der Waals surface area contributed by atoms with E-state index in [0.29, 0.717) is 11.0 Å². The highest BCUT2D eigenvalue weighted by molar-refractivity contribution is 9.10. The summed E-state index contributed by atoms with van der Waals surface area (Å²) in [6.07, 6.45) is 2.21. The quantitative estimate of drug-likeness (QED) is 0.614. The molecule has 1 aliphatic heterocycles. The lowest BCUT2D eigenvalue weighted by Gasteiger charge is -2.31. The van der Waals surface area contributed by atoms with E-state index in [9.17, 15) is 10.1 Å². The topological polar surface area (TPSA) is 46.4 Å². The average Bonchev–Trinajstić information content (AvgIpc) is 2.49. The summed E-state index contributed by atoms with van der Waals surface area (Å²) in [5.74, 6) is 0. The van der Waals surface area contributed by atoms with Gasteiger partial charge in [0, 0.05) is 24.8 Å². The Morgan fingerprint density at radius 1 is 1.19 bits per heavy atom. The minimum absolute atomic E-state index is 0.123. The molecule has 0 aromatic heterocycles. The number of benzene rings is 2. The molecule has 0 amide bonds. The van der Waals surface area contributed by atoms with Crippen LogP contribution in [-0.2, 0) is 13.0 Å². The van der Waals surface area contributed by atoms with Gasteiger partial charge < -0.3 is 4.90 Å². The highest BCUT2D eigenvalue weighted by Gasteiger charge is 2.20. The molecule has 3 rings (SSSR count). The summed E-state index contributed by atoms with van der Waals surface area (Å²) in [7, 11) is 0. The molecule has 5 heteroatoms. The lowest BCUT2D eigenvalue weighted by atomic mass is 10.0. The van der Waals surface area contributed by atoms with Crippen molar-refractivity contribution in [2.75, 3.05) is 11.4 Å². The molecule has 4 nitrogen and oxygen atoms in total. The molecule has 0 aliphatic carbocycles. The summed E-state index contributed by atoms with van der Waals surface area (Å²) < 4.78 is 0.582. The molecule has 0 bridgehead atoms. The van der Waals surface area contributed by atoms with Crippen LogP contribution in [0.2, 0.25) is 0 Å². The second-order valence-corrected chi connectivity index (χ2v) is 5.95. The number of nitrogens with zero attached hydrogens (tertiary/aromatic N) is 2. The Labute approximate surface area is 131 Å². The Morgan fingerprint density at radius 3 is 2.81 bits per heavy atom. The van der Waals surface area contributed by atoms with Crippen LogP contribution in [0.4, 0.5) is 11.4 Å². The highest BCUT2D eigenvalue weighted by atomic mass is 79.9. The predicted octanol–water partition coefficient (Wildman–Crippen LogP) is 4.31. The lowest BCUT2D eigenvalue weighted by Crippen LogP contribution is -2.28. The fourth-order valence-electron chi connectivity index (χ4n) is 2.81. The predicted molar refractivity (Wildman–Crippen MR) is 86.6 cm³/mol. The summed E-state index contributed by atoms with van der Waals surface area (Å²) in [6, 6.07) is 13.6. The van der Waals surface area contributed by atoms with Crippen LogP contribution >= 0.6 is 15.9 Å². The SMILES string of the molecule is O=[N+]([O-])c1cccc(CN2CCCc3ccccc32)c1Br. The van der Waals surface area contributed by atoms with Gasteiger partial charge >= 0.3 is 0 Å². The Kier molecular flexibility index (Phi) is 3.92. The summed E-state index contributed by atoms with van der Waals surface area (Å²) in [4.78, 5) is 13.0. The van der Waals surface area contributed by atoms with Gasteiger partial charge in [-0.3, -0.25) is 10.1 Å². The molecule has 2 aromatic carbocycles. The Balaban J connectivity index is 1.92. The number of halogens is 1. The largest absolute Gasteiger partial charge is 0.367 e. The van der Waals surface area contributed by atoms with Crippen LogP contribution in [-0.4, -0.2) is 11.5 Å². The molecule has 1 heterocycles. The minimum atomic E-state index is -0.349. The fraction of sp³-hybridized carbons (Fsp3) is 0.250. The molecule has 0 saturated heterocycles. The van der Waals surface area contributed by atoms with Gasteiger partial charge in [0.1, 0.15) is 4.47 Å². The van der Waals surface area contributed by atoms with Gasteiger partial charge in [-0.1, -0.05) is 30.3 Å². The van der Waals surface area contributed by atoms with Crippen molar-refractivity contribution in [2.24, 2.45) is 0 Å². The summed E-state index contributed by atoms with van der Waals surface area (Å²) in [6.45, 7) is 1.66. The van der Waals surface area contributed by atoms with Crippen LogP contribution in [0.25, 0.3) is 0 Å². The van der Waals surface area contributed by atoms with E-state index in [0.717, 1.165) is 24.9 Å². The van der Waals surface area contributed by atoms with Gasteiger partial charge in [-0.25, -0.2) is 0 Å². The smallest absolute Gasteiger partial charge is 0.283 e. The van der Waals surface area contributed by atoms with Crippen molar-refractivity contribution in [3.8, 4) is 0 Å². The fourth-order valence-corrected chi connectivity index (χ4v) is 3.35. The highest BCUT2D eigenvalue weighted by Crippen LogP contribution is 2.32. The third-order valence-electron chi connectivity index (χ3n) is 3.82. The van der Waals surface area contributed by atoms with E-state index in [1.807, 2.05) is 12.1 Å². The van der Waals surface area contributed by atoms with E-state index in [2.05, 4.69) is 39.0 Å². The molecule has 0 radical (unpaired) electrons. The van der Waals surface area contributed by atoms with Gasteiger partial charge in [0.25, 0.3) is 5.69 Å². The van der Waals surface area contributed by atoms with Gasteiger partial charge in [-0.2, -0.15) is 0 Å². The monoisotopic (exact) mass is 346 g/mol. The third-order valence-corrected chi connectivity index (χ3v) is 4.74. The molecule has 0 atom stereocenters. The molecule has 1 aliphatic rings. The normalized spacial score (nSPS) is 13.9. The zero-order valence-corrected chi connectivity index (χ0v) is 13.0. The number of nitro groups is 1. The average molecular weight is 347 g/mol. The zero-order valence-electron chi connectivity index (χ0n) is 11.5. The Bertz CT molecular complexity index is 688. The van der Waals surface area contributed by atoms with Gasteiger partial charge in [-0.05, 0) is 46.0 Å². The number of fused-ring (bicyclic) bond motifs is 1. The van der Waals surface area contributed by atoms with Crippen molar-refractivity contribution in [1.82, 2.24) is 0 Å². The molecular formula is C16H15BrN2O2. The second kappa shape index (κ2) is 5.85. The first-order chi connectivity index (χ1) is 10.2. The maximum Gasteiger partial charge on any atom is 0.283 e. The van der Waals surface area contributed by atoms with Gasteiger partial charge in [0.2, 0.25) is 0 Å². The number of anilines is 1. The molecule has 0 N–H and O–H groups in total. The van der Waals surface area contributed by atoms with Crippen molar-refractivity contribution < 1.29 is 4.92 Å². The van der Waals surface area contributed by atoms with Gasteiger partial charge in [0.05, 0.1) is 4.92 Å². The van der Waals surface area contributed by atoms with E-state index >= 15 is 0 Å². The van der Waals surface area contributed by atoms with E-state index in [1.54, 1.807) is 6.07 Å². The van der Waals surface area contributed by atoms with E-state index in [-0.39, 0.29) is 10.6 Å². The molecular weight excluding hydrogens is 332 g/mol. The number of para-hydroxylation sites is 1. The number of nitro benzene ring substituents is 1. The molecule has 21 heavy (non-hydrogen) atoms. The first-order valence-corrected chi connectivity index (χ1v) is 7.71. The molecule has 108 valence electrons. The van der Waals surface area contributed by atoms with Crippen LogP contribution < -0.4 is 4.90 Å². The number of aryl methyl sites for hydroxylation is 1. The molecule has 0 spiro atoms. The standard InChI is InChI=1S/C16H15BrN2O2/c17-16-13(6-3-9-15(16)19(20)21)11-18-10-4-7-12-5-1-2-8-14(12)18/h1-3,5-6,8-9H,4,7,10-11H2. The minimum Gasteiger partial charge on any atom is -0.367 e. The first kappa shape index (κ1) is 14.1. The van der Waals surface area contributed by atoms with Crippen molar-refractivity contribution in [3.05, 3.63) is 68.2 Å². The number of rotatable bonds is 3. The molecule has 0 unspecified atom stereocenters. The summed E-state index contributed by atoms with van der Waals surface area (Å²) in [5, 5.41) is 11.0. The van der Waals surface area contributed by atoms with Crippen LogP contribution in [0.1, 0.15) is 17.5 Å². The van der Waals surface area contributed by atoms with E-state index in [4.69, 9.17) is 0 Å². The maximum atomic E-state index is 11.0. The van der Waals surface area contributed by atoms with Crippen molar-refractivity contribution >= 4 is 27.3 Å². The van der Waals surface area contributed by atoms with Gasteiger partial charge in [0.15, 0.2) is 0 Å². The lowest BCUT2D eigenvalue weighted by molar-refractivity contribution is -0.385. The molecule has 0 fully saturated rings. The maximum absolute atomic E-state index is 11.0. The van der Waals surface area contributed by atoms with Crippen LogP contribution in [0, 0.1) is 10.1 Å². The van der Waals surface area contributed by atoms with Crippen LogP contribution in [0.3, 0.4) is 0 Å². The van der Waals surface area contributed by atoms with Crippen molar-refractivity contribution in [2.45, 2.75) is 19.4 Å². The second-order valence-electron chi connectivity index (χ2n) is 5.16. The number of hydrogen-bond donors (Lipinski definition) is 0. The third kappa shape index (κ3) is 2.78. The number of hydrogen-bond acceptors (Lipinski definition) is 3. The molecule has 0 saturated carbocycles.